The summed E-state index contributed by atoms with van der Waals surface area (Å²) in [4.78, 5) is 11.1. The molecular weight excluding hydrogens is 270 g/mol. The van der Waals surface area contributed by atoms with Crippen LogP contribution in [0.3, 0.4) is 0 Å². The van der Waals surface area contributed by atoms with E-state index in [2.05, 4.69) is 8.92 Å². The minimum absolute atomic E-state index is 0.0312. The maximum atomic E-state index is 13.2. The van der Waals surface area contributed by atoms with Crippen LogP contribution in [0.4, 0.5) is 8.78 Å². The highest BCUT2D eigenvalue weighted by Crippen LogP contribution is 2.27. The zero-order chi connectivity index (χ0) is 13.8. The monoisotopic (exact) mass is 286 g/mol. The van der Waals surface area contributed by atoms with E-state index in [0.717, 1.165) is 32.1 Å². The van der Waals surface area contributed by atoms with Crippen molar-refractivity contribution in [2.24, 2.45) is 5.92 Å². The molecule has 1 saturated carbocycles. The van der Waals surface area contributed by atoms with Crippen molar-refractivity contribution in [2.45, 2.75) is 37.4 Å². The standard InChI is InChI=1S/C10H16F2O5S/c1-16-18(14,15)10(11,12)9(13)17-7-8-5-3-2-4-6-8/h8H,2-7H2,1H3. The summed E-state index contributed by atoms with van der Waals surface area (Å²) in [6.45, 7) is -0.173. The van der Waals surface area contributed by atoms with Gasteiger partial charge in [0, 0.05) is 0 Å². The number of esters is 1. The molecule has 0 radical (unpaired) electrons. The summed E-state index contributed by atoms with van der Waals surface area (Å²) in [7, 11) is -4.69. The molecule has 0 saturated heterocycles. The van der Waals surface area contributed by atoms with E-state index in [1.54, 1.807) is 0 Å². The summed E-state index contributed by atoms with van der Waals surface area (Å²) < 4.78 is 56.0. The number of alkyl halides is 2. The molecule has 1 rings (SSSR count). The smallest absolute Gasteiger partial charge is 0.460 e. The largest absolute Gasteiger partial charge is 0.466 e. The molecule has 0 N–H and O–H groups in total. The molecule has 5 nitrogen and oxygen atoms in total. The fraction of sp³-hybridized carbons (Fsp3) is 0.900. The van der Waals surface area contributed by atoms with Gasteiger partial charge >= 0.3 is 21.3 Å². The van der Waals surface area contributed by atoms with Gasteiger partial charge in [0.15, 0.2) is 0 Å². The summed E-state index contributed by atoms with van der Waals surface area (Å²) in [6.07, 6.45) is 4.62. The lowest BCUT2D eigenvalue weighted by molar-refractivity contribution is -0.163. The highest BCUT2D eigenvalue weighted by molar-refractivity contribution is 7.88. The van der Waals surface area contributed by atoms with Crippen molar-refractivity contribution >= 4 is 16.1 Å². The van der Waals surface area contributed by atoms with Gasteiger partial charge in [-0.15, -0.1) is 0 Å². The van der Waals surface area contributed by atoms with E-state index in [4.69, 9.17) is 0 Å². The molecule has 0 heterocycles. The van der Waals surface area contributed by atoms with Crippen LogP contribution in [-0.4, -0.2) is 33.4 Å². The average molecular weight is 286 g/mol. The number of carbonyl (C=O) groups is 1. The topological polar surface area (TPSA) is 69.7 Å². The second-order valence-electron chi connectivity index (χ2n) is 4.24. The molecule has 0 bridgehead atoms. The summed E-state index contributed by atoms with van der Waals surface area (Å²) in [6, 6.07) is 0. The SMILES string of the molecule is COS(=O)(=O)C(F)(F)C(=O)OCC1CCCCC1. The maximum Gasteiger partial charge on any atom is 0.466 e. The van der Waals surface area contributed by atoms with Crippen molar-refractivity contribution < 1.29 is 30.9 Å². The van der Waals surface area contributed by atoms with Gasteiger partial charge in [0.05, 0.1) is 13.7 Å². The van der Waals surface area contributed by atoms with Crippen LogP contribution in [0, 0.1) is 5.92 Å². The second-order valence-corrected chi connectivity index (χ2v) is 5.99. The fourth-order valence-electron chi connectivity index (χ4n) is 1.84. The quantitative estimate of drug-likeness (QED) is 0.568. The normalized spacial score (nSPS) is 18.6. The Kier molecular flexibility index (Phi) is 5.03. The lowest BCUT2D eigenvalue weighted by Crippen LogP contribution is -2.40. The Morgan fingerprint density at radius 2 is 1.83 bits per heavy atom. The lowest BCUT2D eigenvalue weighted by atomic mass is 9.90. The molecule has 0 amide bonds. The van der Waals surface area contributed by atoms with E-state index in [-0.39, 0.29) is 12.5 Å². The number of ether oxygens (including phenoxy) is 1. The molecule has 1 aliphatic carbocycles. The van der Waals surface area contributed by atoms with Gasteiger partial charge in [-0.1, -0.05) is 19.3 Å². The Labute approximate surface area is 105 Å². The predicted octanol–water partition coefficient (Wildman–Crippen LogP) is 1.68. The van der Waals surface area contributed by atoms with Crippen LogP contribution >= 0.6 is 0 Å². The lowest BCUT2D eigenvalue weighted by Gasteiger charge is -2.22. The van der Waals surface area contributed by atoms with Crippen LogP contribution in [0.25, 0.3) is 0 Å². The van der Waals surface area contributed by atoms with Gasteiger partial charge in [0.1, 0.15) is 0 Å². The summed E-state index contributed by atoms with van der Waals surface area (Å²) in [5.74, 6) is -2.04. The Morgan fingerprint density at radius 1 is 1.28 bits per heavy atom. The number of hydrogen-bond donors (Lipinski definition) is 0. The molecule has 0 aliphatic heterocycles. The van der Waals surface area contributed by atoms with Crippen molar-refractivity contribution in [3.05, 3.63) is 0 Å². The molecule has 1 aliphatic rings. The van der Waals surface area contributed by atoms with Gasteiger partial charge in [-0.2, -0.15) is 17.2 Å². The Morgan fingerprint density at radius 3 is 2.33 bits per heavy atom. The van der Waals surface area contributed by atoms with Crippen LogP contribution in [0.1, 0.15) is 32.1 Å². The molecule has 106 valence electrons. The molecule has 8 heteroatoms. The third kappa shape index (κ3) is 3.38. The van der Waals surface area contributed by atoms with Crippen LogP contribution < -0.4 is 0 Å². The number of rotatable bonds is 5. The predicted molar refractivity (Wildman–Crippen MR) is 58.4 cm³/mol. The first-order chi connectivity index (χ1) is 8.31. The molecule has 0 aromatic heterocycles. The van der Waals surface area contributed by atoms with Gasteiger partial charge in [-0.3, -0.25) is 4.18 Å². The zero-order valence-corrected chi connectivity index (χ0v) is 10.8. The second kappa shape index (κ2) is 5.92. The van der Waals surface area contributed by atoms with Crippen molar-refractivity contribution in [1.29, 1.82) is 0 Å². The first-order valence-corrected chi connectivity index (χ1v) is 7.07. The maximum absolute atomic E-state index is 13.2. The van der Waals surface area contributed by atoms with E-state index in [1.165, 1.54) is 0 Å². The third-order valence-electron chi connectivity index (χ3n) is 2.95. The first kappa shape index (κ1) is 15.3. The zero-order valence-electron chi connectivity index (χ0n) is 10.0. The highest BCUT2D eigenvalue weighted by Gasteiger charge is 2.55. The van der Waals surface area contributed by atoms with E-state index in [9.17, 15) is 22.0 Å². The summed E-state index contributed by atoms with van der Waals surface area (Å²) in [5, 5.41) is -4.66. The van der Waals surface area contributed by atoms with Crippen molar-refractivity contribution in [1.82, 2.24) is 0 Å². The number of hydrogen-bond acceptors (Lipinski definition) is 5. The molecule has 0 atom stereocenters. The minimum atomic E-state index is -5.26. The van der Waals surface area contributed by atoms with Gasteiger partial charge in [-0.05, 0) is 18.8 Å². The van der Waals surface area contributed by atoms with Crippen molar-refractivity contribution in [2.75, 3.05) is 13.7 Å². The van der Waals surface area contributed by atoms with Gasteiger partial charge in [-0.25, -0.2) is 4.79 Å². The molecule has 0 spiro atoms. The van der Waals surface area contributed by atoms with Gasteiger partial charge in [0.25, 0.3) is 0 Å². The molecule has 1 fully saturated rings. The molecule has 0 unspecified atom stereocenters. The molecular formula is C10H16F2O5S. The van der Waals surface area contributed by atoms with Crippen molar-refractivity contribution in [3.63, 3.8) is 0 Å². The van der Waals surface area contributed by atoms with Crippen LogP contribution in [0.15, 0.2) is 0 Å². The number of carbonyl (C=O) groups excluding carboxylic acids is 1. The average Bonchev–Trinajstić information content (AvgIpc) is 2.36. The number of halogens is 2. The van der Waals surface area contributed by atoms with E-state index >= 15 is 0 Å². The summed E-state index contributed by atoms with van der Waals surface area (Å²) in [5.41, 5.74) is 0. The molecule has 0 aromatic rings. The van der Waals surface area contributed by atoms with Crippen LogP contribution in [0.5, 0.6) is 0 Å². The van der Waals surface area contributed by atoms with Gasteiger partial charge < -0.3 is 4.74 Å². The Bertz CT molecular complexity index is 387. The Hall–Kier alpha value is -0.760. The molecule has 18 heavy (non-hydrogen) atoms. The van der Waals surface area contributed by atoms with Crippen LogP contribution in [0.2, 0.25) is 0 Å². The highest BCUT2D eigenvalue weighted by atomic mass is 32.2. The van der Waals surface area contributed by atoms with E-state index in [1.807, 2.05) is 0 Å². The summed E-state index contributed by atoms with van der Waals surface area (Å²) >= 11 is 0. The molecule has 0 aromatic carbocycles. The van der Waals surface area contributed by atoms with E-state index in [0.29, 0.717) is 7.11 Å². The third-order valence-corrected chi connectivity index (χ3v) is 4.18. The first-order valence-electron chi connectivity index (χ1n) is 5.66. The van der Waals surface area contributed by atoms with E-state index < -0.39 is 21.3 Å². The minimum Gasteiger partial charge on any atom is -0.460 e. The Balaban J connectivity index is 2.54. The van der Waals surface area contributed by atoms with Crippen LogP contribution in [-0.2, 0) is 23.8 Å². The van der Waals surface area contributed by atoms with Gasteiger partial charge in [0.2, 0.25) is 0 Å². The fourth-order valence-corrected chi connectivity index (χ4v) is 2.31. The van der Waals surface area contributed by atoms with Crippen molar-refractivity contribution in [3.8, 4) is 0 Å².